The number of para-hydroxylation sites is 1. The number of hydrogen-bond donors (Lipinski definition) is 0. The smallest absolute Gasteiger partial charge is 0.140 e. The summed E-state index contributed by atoms with van der Waals surface area (Å²) >= 11 is 0. The zero-order chi connectivity index (χ0) is 16.5. The van der Waals surface area contributed by atoms with Crippen molar-refractivity contribution in [1.82, 2.24) is 0 Å². The van der Waals surface area contributed by atoms with Gasteiger partial charge in [-0.2, -0.15) is 0 Å². The third-order valence-corrected chi connectivity index (χ3v) is 4.46. The van der Waals surface area contributed by atoms with Crippen LogP contribution >= 0.6 is 0 Å². The van der Waals surface area contributed by atoms with Crippen molar-refractivity contribution in [3.05, 3.63) is 29.8 Å². The molecule has 1 aromatic carbocycles. The van der Waals surface area contributed by atoms with Crippen LogP contribution in [0.1, 0.15) is 76.2 Å². The third kappa shape index (κ3) is 5.81. The van der Waals surface area contributed by atoms with Crippen LogP contribution in [0, 0.1) is 0 Å². The summed E-state index contributed by atoms with van der Waals surface area (Å²) in [6.07, 6.45) is 8.44. The molecule has 3 nitrogen and oxygen atoms in total. The third-order valence-electron chi connectivity index (χ3n) is 4.46. The average Bonchev–Trinajstić information content (AvgIpc) is 2.53. The summed E-state index contributed by atoms with van der Waals surface area (Å²) in [6.45, 7) is 2.93. The zero-order valence-corrected chi connectivity index (χ0v) is 14.2. The van der Waals surface area contributed by atoms with Crippen LogP contribution in [0.4, 0.5) is 0 Å². The standard InChI is InChI=1S/C20H28O3/c1-2-3-4-5-6-9-12-23-20-11-8-7-10-19(20)16-13-17(21)15-18(22)14-16/h7-8,10-11,16H,2-6,9,12-15H2,1H3. The van der Waals surface area contributed by atoms with Gasteiger partial charge in [-0.15, -0.1) is 0 Å². The molecular weight excluding hydrogens is 288 g/mol. The van der Waals surface area contributed by atoms with Crippen molar-refractivity contribution in [2.75, 3.05) is 6.61 Å². The molecule has 0 aliphatic heterocycles. The van der Waals surface area contributed by atoms with E-state index in [9.17, 15) is 9.59 Å². The molecule has 1 aromatic rings. The largest absolute Gasteiger partial charge is 0.493 e. The predicted molar refractivity (Wildman–Crippen MR) is 91.9 cm³/mol. The van der Waals surface area contributed by atoms with Crippen molar-refractivity contribution in [2.45, 2.75) is 70.6 Å². The van der Waals surface area contributed by atoms with Gasteiger partial charge in [0.25, 0.3) is 0 Å². The normalized spacial score (nSPS) is 15.9. The fourth-order valence-electron chi connectivity index (χ4n) is 3.22. The van der Waals surface area contributed by atoms with Crippen LogP contribution in [-0.2, 0) is 9.59 Å². The highest BCUT2D eigenvalue weighted by atomic mass is 16.5. The Balaban J connectivity index is 1.85. The minimum absolute atomic E-state index is 0.00972. The topological polar surface area (TPSA) is 43.4 Å². The van der Waals surface area contributed by atoms with E-state index in [2.05, 4.69) is 6.92 Å². The number of Topliss-reactive ketones (excluding diaryl/α,β-unsaturated/α-hetero) is 2. The second kappa shape index (κ2) is 9.49. The highest BCUT2D eigenvalue weighted by Crippen LogP contribution is 2.35. The van der Waals surface area contributed by atoms with Gasteiger partial charge in [0.2, 0.25) is 0 Å². The van der Waals surface area contributed by atoms with Gasteiger partial charge in [0.05, 0.1) is 13.0 Å². The van der Waals surface area contributed by atoms with E-state index in [-0.39, 0.29) is 23.9 Å². The second-order valence-electron chi connectivity index (χ2n) is 6.51. The number of ketones is 2. The minimum Gasteiger partial charge on any atom is -0.493 e. The summed E-state index contributed by atoms with van der Waals surface area (Å²) in [7, 11) is 0. The molecule has 2 rings (SSSR count). The molecule has 0 saturated heterocycles. The Labute approximate surface area is 139 Å². The highest BCUT2D eigenvalue weighted by Gasteiger charge is 2.28. The van der Waals surface area contributed by atoms with Crippen molar-refractivity contribution in [3.63, 3.8) is 0 Å². The second-order valence-corrected chi connectivity index (χ2v) is 6.51. The van der Waals surface area contributed by atoms with E-state index >= 15 is 0 Å². The SMILES string of the molecule is CCCCCCCCOc1ccccc1C1CC(=O)CC(=O)C1. The quantitative estimate of drug-likeness (QED) is 0.484. The van der Waals surface area contributed by atoms with Crippen LogP contribution in [0.15, 0.2) is 24.3 Å². The lowest BCUT2D eigenvalue weighted by molar-refractivity contribution is -0.130. The van der Waals surface area contributed by atoms with Crippen LogP contribution in [0.3, 0.4) is 0 Å². The Bertz CT molecular complexity index is 505. The molecule has 0 bridgehead atoms. The van der Waals surface area contributed by atoms with Gasteiger partial charge < -0.3 is 4.74 Å². The van der Waals surface area contributed by atoms with Crippen LogP contribution in [0.5, 0.6) is 5.75 Å². The molecule has 3 heteroatoms. The van der Waals surface area contributed by atoms with Gasteiger partial charge in [0.15, 0.2) is 0 Å². The molecule has 0 spiro atoms. The first-order valence-electron chi connectivity index (χ1n) is 8.95. The molecule has 1 aliphatic carbocycles. The van der Waals surface area contributed by atoms with E-state index in [1.165, 1.54) is 32.1 Å². The molecule has 0 unspecified atom stereocenters. The monoisotopic (exact) mass is 316 g/mol. The fourth-order valence-corrected chi connectivity index (χ4v) is 3.22. The average molecular weight is 316 g/mol. The number of rotatable bonds is 9. The lowest BCUT2D eigenvalue weighted by Gasteiger charge is -2.22. The van der Waals surface area contributed by atoms with Crippen molar-refractivity contribution in [1.29, 1.82) is 0 Å². The van der Waals surface area contributed by atoms with E-state index in [0.29, 0.717) is 19.4 Å². The van der Waals surface area contributed by atoms with Crippen molar-refractivity contribution >= 4 is 11.6 Å². The van der Waals surface area contributed by atoms with Gasteiger partial charge in [-0.3, -0.25) is 9.59 Å². The van der Waals surface area contributed by atoms with Crippen LogP contribution in [0.25, 0.3) is 0 Å². The summed E-state index contributed by atoms with van der Waals surface area (Å²) in [5, 5.41) is 0. The van der Waals surface area contributed by atoms with Gasteiger partial charge in [0.1, 0.15) is 17.3 Å². The number of unbranched alkanes of at least 4 members (excludes halogenated alkanes) is 5. The van der Waals surface area contributed by atoms with Crippen molar-refractivity contribution < 1.29 is 14.3 Å². The van der Waals surface area contributed by atoms with Crippen LogP contribution < -0.4 is 4.74 Å². The number of ether oxygens (including phenoxy) is 1. The maximum Gasteiger partial charge on any atom is 0.140 e. The van der Waals surface area contributed by atoms with Crippen LogP contribution in [0.2, 0.25) is 0 Å². The van der Waals surface area contributed by atoms with Crippen molar-refractivity contribution in [2.24, 2.45) is 0 Å². The summed E-state index contributed by atoms with van der Waals surface area (Å²) in [4.78, 5) is 23.4. The first-order valence-corrected chi connectivity index (χ1v) is 8.95. The lowest BCUT2D eigenvalue weighted by atomic mass is 9.82. The highest BCUT2D eigenvalue weighted by molar-refractivity contribution is 6.02. The Morgan fingerprint density at radius 2 is 1.61 bits per heavy atom. The van der Waals surface area contributed by atoms with E-state index < -0.39 is 0 Å². The van der Waals surface area contributed by atoms with Gasteiger partial charge in [-0.05, 0) is 18.1 Å². The number of carbonyl (C=O) groups excluding carboxylic acids is 2. The first kappa shape index (κ1) is 17.7. The van der Waals surface area contributed by atoms with E-state index in [1.54, 1.807) is 0 Å². The summed E-state index contributed by atoms with van der Waals surface area (Å²) in [5.74, 6) is 0.937. The predicted octanol–water partition coefficient (Wildman–Crippen LogP) is 4.83. The molecule has 126 valence electrons. The first-order chi connectivity index (χ1) is 11.2. The lowest BCUT2D eigenvalue weighted by Crippen LogP contribution is -2.21. The van der Waals surface area contributed by atoms with E-state index in [1.807, 2.05) is 24.3 Å². The summed E-state index contributed by atoms with van der Waals surface area (Å²) < 4.78 is 5.94. The molecule has 0 radical (unpaired) electrons. The van der Waals surface area contributed by atoms with Gasteiger partial charge in [-0.25, -0.2) is 0 Å². The van der Waals surface area contributed by atoms with Crippen molar-refractivity contribution in [3.8, 4) is 5.75 Å². The number of hydrogen-bond acceptors (Lipinski definition) is 3. The zero-order valence-electron chi connectivity index (χ0n) is 14.2. The molecule has 0 N–H and O–H groups in total. The minimum atomic E-state index is -0.00972. The van der Waals surface area contributed by atoms with Gasteiger partial charge in [-0.1, -0.05) is 57.2 Å². The molecule has 0 amide bonds. The molecule has 1 aliphatic rings. The molecule has 1 fully saturated rings. The molecule has 0 heterocycles. The van der Waals surface area contributed by atoms with Crippen LogP contribution in [-0.4, -0.2) is 18.2 Å². The van der Waals surface area contributed by atoms with E-state index in [0.717, 1.165) is 17.7 Å². The van der Waals surface area contributed by atoms with Gasteiger partial charge >= 0.3 is 0 Å². The molecule has 23 heavy (non-hydrogen) atoms. The summed E-state index contributed by atoms with van der Waals surface area (Å²) in [6, 6.07) is 7.85. The Hall–Kier alpha value is -1.64. The maximum absolute atomic E-state index is 11.7. The molecule has 0 atom stereocenters. The summed E-state index contributed by atoms with van der Waals surface area (Å²) in [5.41, 5.74) is 1.01. The Morgan fingerprint density at radius 3 is 2.35 bits per heavy atom. The number of carbonyl (C=O) groups is 2. The number of benzene rings is 1. The molecule has 1 saturated carbocycles. The fraction of sp³-hybridized carbons (Fsp3) is 0.600. The Morgan fingerprint density at radius 1 is 0.957 bits per heavy atom. The molecular formula is C20H28O3. The van der Waals surface area contributed by atoms with E-state index in [4.69, 9.17) is 4.74 Å². The molecule has 0 aromatic heterocycles. The maximum atomic E-state index is 11.7. The van der Waals surface area contributed by atoms with Gasteiger partial charge in [0, 0.05) is 18.8 Å². The Kier molecular flexibility index (Phi) is 7.31.